The Kier molecular flexibility index (Phi) is 2.79. The summed E-state index contributed by atoms with van der Waals surface area (Å²) in [6.07, 6.45) is 1.18. The second-order valence-corrected chi connectivity index (χ2v) is 5.93. The Balaban J connectivity index is 1.88. The largest absolute Gasteiger partial charge is 0.417 e. The minimum Gasteiger partial charge on any atom is -0.408 e. The van der Waals surface area contributed by atoms with Crippen molar-refractivity contribution in [3.8, 4) is 0 Å². The molecule has 1 aromatic carbocycles. The van der Waals surface area contributed by atoms with Gasteiger partial charge in [0.05, 0.1) is 23.0 Å². The average molecular weight is 277 g/mol. The first-order valence-corrected chi connectivity index (χ1v) is 6.63. The van der Waals surface area contributed by atoms with Gasteiger partial charge in [-0.05, 0) is 12.5 Å². The van der Waals surface area contributed by atoms with Crippen LogP contribution in [0.15, 0.2) is 21.3 Å². The maximum absolute atomic E-state index is 11.2. The quantitative estimate of drug-likeness (QED) is 0.745. The minimum atomic E-state index is -0.472. The van der Waals surface area contributed by atoms with Gasteiger partial charge in [0.2, 0.25) is 0 Å². The number of hydrogen-bond donors (Lipinski definition) is 3. The van der Waals surface area contributed by atoms with Crippen molar-refractivity contribution in [3.63, 3.8) is 0 Å². The molecule has 0 aliphatic heterocycles. The van der Waals surface area contributed by atoms with Crippen LogP contribution in [0.1, 0.15) is 20.3 Å². The summed E-state index contributed by atoms with van der Waals surface area (Å²) in [5.74, 6) is -0.472. The molecule has 2 aromatic rings. The van der Waals surface area contributed by atoms with Gasteiger partial charge in [0.1, 0.15) is 0 Å². The van der Waals surface area contributed by atoms with Gasteiger partial charge >= 0.3 is 5.76 Å². The van der Waals surface area contributed by atoms with Crippen molar-refractivity contribution < 1.29 is 9.15 Å². The summed E-state index contributed by atoms with van der Waals surface area (Å²) < 4.78 is 10.4. The van der Waals surface area contributed by atoms with Gasteiger partial charge in [-0.25, -0.2) is 4.79 Å². The highest BCUT2D eigenvalue weighted by Crippen LogP contribution is 2.44. The first-order chi connectivity index (χ1) is 9.41. The Morgan fingerprint density at radius 3 is 2.90 bits per heavy atom. The predicted octanol–water partition coefficient (Wildman–Crippen LogP) is 1.93. The van der Waals surface area contributed by atoms with E-state index in [1.165, 1.54) is 0 Å². The number of hydrogen-bond acceptors (Lipinski definition) is 5. The maximum atomic E-state index is 11.2. The van der Waals surface area contributed by atoms with Gasteiger partial charge in [0, 0.05) is 24.6 Å². The standard InChI is InChI=1S/C14H19N3O3/c1-14(2)11(6-12(14)19-3)16-8-5-9-10(4-7(8)15)20-13(18)17-9/h4-5,11-12,16H,6,15H2,1-3H3,(H,17,18). The summed E-state index contributed by atoms with van der Waals surface area (Å²) in [5, 5.41) is 3.43. The van der Waals surface area contributed by atoms with Crippen LogP contribution in [-0.4, -0.2) is 24.2 Å². The summed E-state index contributed by atoms with van der Waals surface area (Å²) in [6.45, 7) is 4.33. The molecule has 0 amide bonds. The Morgan fingerprint density at radius 2 is 2.25 bits per heavy atom. The number of aromatic amines is 1. The lowest BCUT2D eigenvalue weighted by atomic mass is 9.64. The SMILES string of the molecule is COC1CC(Nc2cc3[nH]c(=O)oc3cc2N)C1(C)C. The molecular formula is C14H19N3O3. The smallest absolute Gasteiger partial charge is 0.408 e. The average Bonchev–Trinajstić information content (AvgIpc) is 2.73. The van der Waals surface area contributed by atoms with Crippen LogP contribution in [-0.2, 0) is 4.74 Å². The molecule has 0 saturated heterocycles. The molecule has 0 spiro atoms. The lowest BCUT2D eigenvalue weighted by Gasteiger charge is -2.51. The normalized spacial score (nSPS) is 24.6. The van der Waals surface area contributed by atoms with E-state index in [-0.39, 0.29) is 17.6 Å². The summed E-state index contributed by atoms with van der Waals surface area (Å²) in [7, 11) is 1.74. The second kappa shape index (κ2) is 4.28. The fourth-order valence-electron chi connectivity index (χ4n) is 2.86. The van der Waals surface area contributed by atoms with Gasteiger partial charge in [0.25, 0.3) is 0 Å². The van der Waals surface area contributed by atoms with E-state index in [0.29, 0.717) is 16.8 Å². The Labute approximate surface area is 116 Å². The van der Waals surface area contributed by atoms with Gasteiger partial charge in [-0.3, -0.25) is 4.98 Å². The fraction of sp³-hybridized carbons (Fsp3) is 0.500. The van der Waals surface area contributed by atoms with E-state index >= 15 is 0 Å². The number of H-pyrrole nitrogens is 1. The van der Waals surface area contributed by atoms with Crippen molar-refractivity contribution in [1.82, 2.24) is 4.98 Å². The minimum absolute atomic E-state index is 0.0416. The molecular weight excluding hydrogens is 258 g/mol. The van der Waals surface area contributed by atoms with E-state index in [4.69, 9.17) is 14.9 Å². The highest BCUT2D eigenvalue weighted by atomic mass is 16.5. The Hall–Kier alpha value is -1.95. The summed E-state index contributed by atoms with van der Waals surface area (Å²) >= 11 is 0. The molecule has 6 nitrogen and oxygen atoms in total. The summed E-state index contributed by atoms with van der Waals surface area (Å²) in [6, 6.07) is 3.76. The zero-order valence-corrected chi connectivity index (χ0v) is 11.8. The van der Waals surface area contributed by atoms with E-state index in [1.54, 1.807) is 13.2 Å². The number of methoxy groups -OCH3 is 1. The van der Waals surface area contributed by atoms with Gasteiger partial charge < -0.3 is 20.2 Å². The van der Waals surface area contributed by atoms with Crippen LogP contribution >= 0.6 is 0 Å². The van der Waals surface area contributed by atoms with E-state index < -0.39 is 5.76 Å². The van der Waals surface area contributed by atoms with Crippen molar-refractivity contribution in [2.24, 2.45) is 5.41 Å². The Morgan fingerprint density at radius 1 is 1.50 bits per heavy atom. The number of nitrogens with two attached hydrogens (primary N) is 1. The number of ether oxygens (including phenoxy) is 1. The molecule has 3 rings (SSSR count). The van der Waals surface area contributed by atoms with Gasteiger partial charge in [-0.2, -0.15) is 0 Å². The predicted molar refractivity (Wildman–Crippen MR) is 77.9 cm³/mol. The molecule has 108 valence electrons. The highest BCUT2D eigenvalue weighted by molar-refractivity contribution is 5.85. The molecule has 1 saturated carbocycles. The molecule has 0 radical (unpaired) electrons. The molecule has 1 aliphatic carbocycles. The molecule has 2 unspecified atom stereocenters. The number of rotatable bonds is 3. The number of oxazole rings is 1. The molecule has 1 aromatic heterocycles. The lowest BCUT2D eigenvalue weighted by Crippen LogP contribution is -2.57. The van der Waals surface area contributed by atoms with Crippen molar-refractivity contribution in [1.29, 1.82) is 0 Å². The second-order valence-electron chi connectivity index (χ2n) is 5.93. The summed E-state index contributed by atoms with van der Waals surface area (Å²) in [5.41, 5.74) is 8.54. The fourth-order valence-corrected chi connectivity index (χ4v) is 2.86. The number of nitrogen functional groups attached to an aromatic ring is 1. The molecule has 2 atom stereocenters. The van der Waals surface area contributed by atoms with Crippen molar-refractivity contribution >= 4 is 22.5 Å². The third kappa shape index (κ3) is 1.87. The zero-order valence-electron chi connectivity index (χ0n) is 11.8. The molecule has 1 aliphatic rings. The van der Waals surface area contributed by atoms with Crippen LogP contribution in [0.25, 0.3) is 11.1 Å². The van der Waals surface area contributed by atoms with E-state index in [1.807, 2.05) is 6.07 Å². The van der Waals surface area contributed by atoms with E-state index in [2.05, 4.69) is 24.1 Å². The molecule has 1 fully saturated rings. The number of aromatic nitrogens is 1. The van der Waals surface area contributed by atoms with Crippen molar-refractivity contribution in [2.45, 2.75) is 32.4 Å². The van der Waals surface area contributed by atoms with Crippen molar-refractivity contribution in [3.05, 3.63) is 22.7 Å². The number of fused-ring (bicyclic) bond motifs is 1. The number of benzene rings is 1. The third-order valence-corrected chi connectivity index (χ3v) is 4.38. The van der Waals surface area contributed by atoms with Crippen LogP contribution in [0.3, 0.4) is 0 Å². The topological polar surface area (TPSA) is 93.3 Å². The van der Waals surface area contributed by atoms with E-state index in [0.717, 1.165) is 12.1 Å². The molecule has 6 heteroatoms. The third-order valence-electron chi connectivity index (χ3n) is 4.38. The van der Waals surface area contributed by atoms with Crippen LogP contribution in [0.4, 0.5) is 11.4 Å². The van der Waals surface area contributed by atoms with Gasteiger partial charge in [-0.1, -0.05) is 13.8 Å². The zero-order chi connectivity index (χ0) is 14.5. The van der Waals surface area contributed by atoms with Crippen LogP contribution in [0, 0.1) is 5.41 Å². The summed E-state index contributed by atoms with van der Waals surface area (Å²) in [4.78, 5) is 13.8. The van der Waals surface area contributed by atoms with Crippen LogP contribution in [0.2, 0.25) is 0 Å². The maximum Gasteiger partial charge on any atom is 0.417 e. The Bertz CT molecular complexity index is 701. The van der Waals surface area contributed by atoms with E-state index in [9.17, 15) is 4.79 Å². The number of nitrogens with one attached hydrogen (secondary N) is 2. The first kappa shape index (κ1) is 13.1. The number of anilines is 2. The first-order valence-electron chi connectivity index (χ1n) is 6.63. The van der Waals surface area contributed by atoms with Crippen LogP contribution in [0.5, 0.6) is 0 Å². The van der Waals surface area contributed by atoms with Gasteiger partial charge in [0.15, 0.2) is 5.58 Å². The lowest BCUT2D eigenvalue weighted by molar-refractivity contribution is -0.0794. The highest BCUT2D eigenvalue weighted by Gasteiger charge is 2.48. The molecule has 4 N–H and O–H groups in total. The van der Waals surface area contributed by atoms with Gasteiger partial charge in [-0.15, -0.1) is 0 Å². The molecule has 1 heterocycles. The van der Waals surface area contributed by atoms with Crippen LogP contribution < -0.4 is 16.8 Å². The molecule has 0 bridgehead atoms. The molecule has 20 heavy (non-hydrogen) atoms. The van der Waals surface area contributed by atoms with Crippen molar-refractivity contribution in [2.75, 3.05) is 18.2 Å². The monoisotopic (exact) mass is 277 g/mol.